The zero-order valence-corrected chi connectivity index (χ0v) is 26.8. The molecule has 0 amide bonds. The Kier molecular flexibility index (Phi) is 3.21. The first kappa shape index (κ1) is 14.8. The van der Waals surface area contributed by atoms with E-state index in [-0.39, 0.29) is 98.7 Å². The molecular formula is C48H30N2S. The van der Waals surface area contributed by atoms with E-state index >= 15 is 0 Å². The number of fused-ring (bicyclic) bond motifs is 9. The van der Waals surface area contributed by atoms with Crippen LogP contribution in [-0.4, -0.2) is 9.13 Å². The third-order valence-electron chi connectivity index (χ3n) is 8.91. The summed E-state index contributed by atoms with van der Waals surface area (Å²) in [4.78, 5) is 0. The highest BCUT2D eigenvalue weighted by Crippen LogP contribution is 2.43. The van der Waals surface area contributed by atoms with Crippen LogP contribution >= 0.6 is 11.3 Å². The second-order valence-corrected chi connectivity index (χ2v) is 12.7. The Labute approximate surface area is 328 Å². The molecule has 238 valence electrons. The van der Waals surface area contributed by atoms with Gasteiger partial charge in [-0.3, -0.25) is 0 Å². The van der Waals surface area contributed by atoms with Gasteiger partial charge in [-0.1, -0.05) is 115 Å². The molecule has 0 aliphatic carbocycles. The number of nitrogens with zero attached hydrogens (tertiary/aromatic N) is 2. The lowest BCUT2D eigenvalue weighted by Crippen LogP contribution is -1.94. The molecule has 0 saturated heterocycles. The summed E-state index contributed by atoms with van der Waals surface area (Å²) in [6.45, 7) is 0. The predicted molar refractivity (Wildman–Crippen MR) is 219 cm³/mol. The van der Waals surface area contributed by atoms with Crippen molar-refractivity contribution in [1.29, 1.82) is 0 Å². The Morgan fingerprint density at radius 2 is 1.12 bits per heavy atom. The van der Waals surface area contributed by atoms with Crippen molar-refractivity contribution in [2.75, 3.05) is 0 Å². The summed E-state index contributed by atoms with van der Waals surface area (Å²) in [7, 11) is 0. The van der Waals surface area contributed by atoms with Crippen LogP contribution in [0.5, 0.6) is 0 Å². The molecule has 0 fully saturated rings. The SMILES string of the molecule is [2H]c1ccc(-c2c([2H])c([2H])c([2H])c3sc4c([2H])cc(-n5c6c([2H])c([2H])c([2H])c([2H])c6c6c([2H])c(-c7c([2H])c([2H])c8c9c([2H])c([2H])c([2H])c([2H])c9n(-c9ccccc9)c8c7[2H])c([2H])c([2H])c65)cc4c23)c([2H])c1[2H]. The van der Waals surface area contributed by atoms with Crippen molar-refractivity contribution >= 4 is 75.1 Å². The van der Waals surface area contributed by atoms with E-state index in [2.05, 4.69) is 0 Å². The third kappa shape index (κ3) is 4.29. The molecule has 0 spiro atoms. The molecule has 0 aliphatic rings. The molecule has 8 aromatic carbocycles. The molecule has 0 aliphatic heterocycles. The Balaban J connectivity index is 1.30. The second kappa shape index (κ2) is 11.0. The third-order valence-corrected chi connectivity index (χ3v) is 9.96. The Morgan fingerprint density at radius 3 is 1.98 bits per heavy atom. The molecular weight excluding hydrogens is 637 g/mol. The molecule has 3 heteroatoms. The normalized spacial score (nSPS) is 17.7. The molecule has 2 nitrogen and oxygen atoms in total. The predicted octanol–water partition coefficient (Wildman–Crippen LogP) is 13.6. The van der Waals surface area contributed by atoms with Crippen LogP contribution in [-0.2, 0) is 0 Å². The highest BCUT2D eigenvalue weighted by Gasteiger charge is 2.18. The maximum Gasteiger partial charge on any atom is 0.0652 e. The van der Waals surface area contributed by atoms with E-state index in [9.17, 15) is 12.3 Å². The van der Waals surface area contributed by atoms with Gasteiger partial charge in [0.1, 0.15) is 0 Å². The highest BCUT2D eigenvalue weighted by atomic mass is 32.1. The van der Waals surface area contributed by atoms with Crippen molar-refractivity contribution in [3.63, 3.8) is 0 Å². The van der Waals surface area contributed by atoms with Crippen molar-refractivity contribution in [1.82, 2.24) is 9.13 Å². The van der Waals surface area contributed by atoms with Crippen molar-refractivity contribution < 1.29 is 28.8 Å². The van der Waals surface area contributed by atoms with Gasteiger partial charge in [0.05, 0.1) is 50.9 Å². The first-order valence-electron chi connectivity index (χ1n) is 26.2. The molecule has 0 bridgehead atoms. The first-order chi connectivity index (χ1) is 34.0. The molecule has 51 heavy (non-hydrogen) atoms. The van der Waals surface area contributed by atoms with E-state index in [1.54, 1.807) is 30.3 Å². The summed E-state index contributed by atoms with van der Waals surface area (Å²) in [6.07, 6.45) is 0. The molecule has 0 N–H and O–H groups in total. The van der Waals surface area contributed by atoms with Gasteiger partial charge in [0.15, 0.2) is 0 Å². The Morgan fingerprint density at radius 1 is 0.412 bits per heavy atom. The summed E-state index contributed by atoms with van der Waals surface area (Å²) in [5, 5.41) is -0.606. The summed E-state index contributed by atoms with van der Waals surface area (Å²) < 4.78 is 193. The van der Waals surface area contributed by atoms with Gasteiger partial charge in [0.25, 0.3) is 0 Å². The fraction of sp³-hybridized carbons (Fsp3) is 0. The van der Waals surface area contributed by atoms with E-state index in [1.807, 2.05) is 0 Å². The Hall–Kier alpha value is -6.42. The maximum atomic E-state index is 9.93. The molecule has 0 saturated carbocycles. The van der Waals surface area contributed by atoms with Gasteiger partial charge in [-0.2, -0.15) is 0 Å². The van der Waals surface area contributed by atoms with Crippen molar-refractivity contribution in [2.24, 2.45) is 0 Å². The number of rotatable bonds is 4. The minimum atomic E-state index is -0.762. The molecule has 11 aromatic rings. The van der Waals surface area contributed by atoms with Crippen molar-refractivity contribution in [3.05, 3.63) is 181 Å². The standard InChI is InChI=1S/C48H30N2S/c1-3-12-31(13-4-1)36-18-11-21-47-48(36)41-30-35(24-27-46(41)51-47)50-43-20-10-8-17-38(43)40-28-32(23-26-44(40)50)33-22-25-39-37-16-7-9-19-42(37)49(45(39)29-33)34-14-5-2-6-15-34/h1-30H/i1D,3D,7D,8D,9D,10D,11D,12D,16D,17D,18D,19D,20D,21D,22D,23D,25D,26D,27D,28D,29D. The van der Waals surface area contributed by atoms with Gasteiger partial charge in [-0.15, -0.1) is 11.3 Å². The molecule has 0 unspecified atom stereocenters. The summed E-state index contributed by atoms with van der Waals surface area (Å²) >= 11 is 0.955. The number of aromatic nitrogens is 2. The fourth-order valence-electron chi connectivity index (χ4n) is 6.73. The second-order valence-electron chi connectivity index (χ2n) is 11.7. The van der Waals surface area contributed by atoms with Crippen LogP contribution in [0.3, 0.4) is 0 Å². The Bertz CT molecular complexity index is 4350. The van der Waals surface area contributed by atoms with Crippen LogP contribution in [0.4, 0.5) is 0 Å². The lowest BCUT2D eigenvalue weighted by Gasteiger charge is -2.10. The summed E-state index contributed by atoms with van der Waals surface area (Å²) in [5.41, 5.74) is -1.65. The van der Waals surface area contributed by atoms with E-state index in [1.165, 1.54) is 33.4 Å². The zero-order valence-electron chi connectivity index (χ0n) is 47.0. The fourth-order valence-corrected chi connectivity index (χ4v) is 7.73. The zero-order chi connectivity index (χ0) is 51.7. The number of hydrogen-bond acceptors (Lipinski definition) is 1. The number of hydrogen-bond donors (Lipinski definition) is 0. The van der Waals surface area contributed by atoms with Crippen LogP contribution in [0.25, 0.3) is 97.4 Å². The van der Waals surface area contributed by atoms with Crippen LogP contribution < -0.4 is 0 Å². The van der Waals surface area contributed by atoms with Gasteiger partial charge in [0, 0.05) is 53.1 Å². The number of para-hydroxylation sites is 3. The van der Waals surface area contributed by atoms with Crippen molar-refractivity contribution in [3.8, 4) is 33.6 Å². The van der Waals surface area contributed by atoms with Crippen LogP contribution in [0.15, 0.2) is 181 Å². The topological polar surface area (TPSA) is 9.86 Å². The first-order valence-corrected chi connectivity index (χ1v) is 16.5. The minimum Gasteiger partial charge on any atom is -0.309 e. The lowest BCUT2D eigenvalue weighted by molar-refractivity contribution is 1.18. The summed E-state index contributed by atoms with van der Waals surface area (Å²) in [6, 6.07) is 1.94. The highest BCUT2D eigenvalue weighted by molar-refractivity contribution is 7.26. The van der Waals surface area contributed by atoms with E-state index in [4.69, 9.17) is 16.4 Å². The van der Waals surface area contributed by atoms with Crippen LogP contribution in [0.1, 0.15) is 28.8 Å². The van der Waals surface area contributed by atoms with Crippen LogP contribution in [0.2, 0.25) is 0 Å². The van der Waals surface area contributed by atoms with Crippen molar-refractivity contribution in [2.45, 2.75) is 0 Å². The molecule has 0 radical (unpaired) electrons. The van der Waals surface area contributed by atoms with Gasteiger partial charge in [0.2, 0.25) is 0 Å². The van der Waals surface area contributed by atoms with Gasteiger partial charge in [-0.25, -0.2) is 0 Å². The van der Waals surface area contributed by atoms with E-state index in [0.29, 0.717) is 5.69 Å². The van der Waals surface area contributed by atoms with E-state index < -0.39 is 120 Å². The number of benzene rings is 8. The average Bonchev–Trinajstić information content (AvgIpc) is 4.05. The summed E-state index contributed by atoms with van der Waals surface area (Å²) in [5.74, 6) is 0. The minimum absolute atomic E-state index is 0.00372. The van der Waals surface area contributed by atoms with Gasteiger partial charge in [-0.05, 0) is 88.8 Å². The average molecular weight is 688 g/mol. The quantitative estimate of drug-likeness (QED) is 0.174. The molecule has 3 heterocycles. The lowest BCUT2D eigenvalue weighted by atomic mass is 9.99. The molecule has 11 rings (SSSR count). The van der Waals surface area contributed by atoms with Gasteiger partial charge >= 0.3 is 0 Å². The maximum absolute atomic E-state index is 9.93. The monoisotopic (exact) mass is 687 g/mol. The van der Waals surface area contributed by atoms with Crippen LogP contribution in [0, 0.1) is 0 Å². The smallest absolute Gasteiger partial charge is 0.0652 e. The largest absolute Gasteiger partial charge is 0.309 e. The van der Waals surface area contributed by atoms with Gasteiger partial charge < -0.3 is 9.13 Å². The molecule has 0 atom stereocenters. The molecule has 3 aromatic heterocycles. The number of thiophene rings is 1. The van der Waals surface area contributed by atoms with E-state index in [0.717, 1.165) is 11.3 Å².